The number of fused-ring (bicyclic) bond motifs is 2. The number of nitrogens with two attached hydrogens (primary N) is 2. The van der Waals surface area contributed by atoms with Gasteiger partial charge in [0.2, 0.25) is 0 Å². The van der Waals surface area contributed by atoms with Gasteiger partial charge >= 0.3 is 0 Å². The quantitative estimate of drug-likeness (QED) is 0.554. The minimum atomic E-state index is 0.166. The van der Waals surface area contributed by atoms with Crippen LogP contribution in [0, 0.1) is 0 Å². The van der Waals surface area contributed by atoms with Crippen LogP contribution in [0.5, 0.6) is 0 Å². The predicted molar refractivity (Wildman–Crippen MR) is 81.4 cm³/mol. The number of anilines is 2. The van der Waals surface area contributed by atoms with Gasteiger partial charge in [0.1, 0.15) is 11.3 Å². The van der Waals surface area contributed by atoms with Gasteiger partial charge in [-0.3, -0.25) is 4.98 Å². The highest BCUT2D eigenvalue weighted by molar-refractivity contribution is 5.86. The van der Waals surface area contributed by atoms with Crippen molar-refractivity contribution in [2.45, 2.75) is 0 Å². The summed E-state index contributed by atoms with van der Waals surface area (Å²) in [4.78, 5) is 12.7. The van der Waals surface area contributed by atoms with Crippen molar-refractivity contribution in [3.8, 4) is 11.1 Å². The van der Waals surface area contributed by atoms with Crippen LogP contribution in [0.2, 0.25) is 0 Å². The zero-order valence-electron chi connectivity index (χ0n) is 10.9. The predicted octanol–water partition coefficient (Wildman–Crippen LogP) is 2.60. The Morgan fingerprint density at radius 1 is 0.810 bits per heavy atom. The van der Waals surface area contributed by atoms with Crippen LogP contribution in [-0.2, 0) is 0 Å². The molecular weight excluding hydrogens is 266 g/mol. The standard InChI is InChI=1S/C15H11N5O/c16-14-7-18-10-3-1-8(5-11(10)19-14)9-2-4-13-12(6-9)20-15(17)21-13/h1-7H,(H2,16,19)(H2,17,20). The van der Waals surface area contributed by atoms with Gasteiger partial charge in [-0.05, 0) is 35.4 Å². The largest absolute Gasteiger partial charge is 0.424 e. The smallest absolute Gasteiger partial charge is 0.292 e. The molecule has 0 spiro atoms. The molecule has 0 aliphatic heterocycles. The molecule has 102 valence electrons. The number of benzene rings is 2. The lowest BCUT2D eigenvalue weighted by Gasteiger charge is -2.03. The van der Waals surface area contributed by atoms with Crippen LogP contribution >= 0.6 is 0 Å². The van der Waals surface area contributed by atoms with E-state index in [1.165, 1.54) is 0 Å². The maximum atomic E-state index is 5.68. The van der Waals surface area contributed by atoms with E-state index >= 15 is 0 Å². The minimum Gasteiger partial charge on any atom is -0.424 e. The number of nitrogen functional groups attached to an aromatic ring is 2. The van der Waals surface area contributed by atoms with E-state index in [1.807, 2.05) is 36.4 Å². The molecule has 2 aromatic heterocycles. The van der Waals surface area contributed by atoms with Crippen molar-refractivity contribution in [2.24, 2.45) is 0 Å². The van der Waals surface area contributed by atoms with Gasteiger partial charge in [-0.15, -0.1) is 0 Å². The van der Waals surface area contributed by atoms with Gasteiger partial charge in [0.25, 0.3) is 6.01 Å². The van der Waals surface area contributed by atoms with Crippen LogP contribution in [0.25, 0.3) is 33.3 Å². The molecule has 2 aromatic carbocycles. The summed E-state index contributed by atoms with van der Waals surface area (Å²) in [6, 6.07) is 11.7. The summed E-state index contributed by atoms with van der Waals surface area (Å²) in [7, 11) is 0. The third kappa shape index (κ3) is 1.93. The first kappa shape index (κ1) is 11.7. The summed E-state index contributed by atoms with van der Waals surface area (Å²) in [6.07, 6.45) is 1.55. The topological polar surface area (TPSA) is 104 Å². The highest BCUT2D eigenvalue weighted by Crippen LogP contribution is 2.27. The van der Waals surface area contributed by atoms with Gasteiger partial charge in [0, 0.05) is 0 Å². The molecule has 6 heteroatoms. The Labute approximate surface area is 119 Å². The minimum absolute atomic E-state index is 0.166. The van der Waals surface area contributed by atoms with Gasteiger partial charge in [-0.2, -0.15) is 4.98 Å². The zero-order chi connectivity index (χ0) is 14.4. The maximum absolute atomic E-state index is 5.68. The monoisotopic (exact) mass is 277 g/mol. The Balaban J connectivity index is 1.90. The molecule has 0 saturated carbocycles. The highest BCUT2D eigenvalue weighted by atomic mass is 16.4. The van der Waals surface area contributed by atoms with E-state index in [4.69, 9.17) is 15.9 Å². The van der Waals surface area contributed by atoms with Crippen LogP contribution in [0.15, 0.2) is 47.0 Å². The molecule has 0 atom stereocenters. The van der Waals surface area contributed by atoms with Crippen molar-refractivity contribution >= 4 is 34.0 Å². The first-order valence-electron chi connectivity index (χ1n) is 6.38. The van der Waals surface area contributed by atoms with Gasteiger partial charge in [0.05, 0.1) is 17.2 Å². The molecule has 0 aliphatic carbocycles. The molecule has 0 unspecified atom stereocenters. The van der Waals surface area contributed by atoms with Gasteiger partial charge < -0.3 is 15.9 Å². The Hall–Kier alpha value is -3.15. The van der Waals surface area contributed by atoms with Crippen molar-refractivity contribution < 1.29 is 4.42 Å². The Morgan fingerprint density at radius 3 is 2.43 bits per heavy atom. The molecule has 6 nitrogen and oxygen atoms in total. The van der Waals surface area contributed by atoms with Crippen molar-refractivity contribution in [1.82, 2.24) is 15.0 Å². The summed E-state index contributed by atoms with van der Waals surface area (Å²) in [5, 5.41) is 0. The Bertz CT molecular complexity index is 976. The van der Waals surface area contributed by atoms with E-state index in [-0.39, 0.29) is 6.01 Å². The average Bonchev–Trinajstić information content (AvgIpc) is 2.85. The Morgan fingerprint density at radius 2 is 1.57 bits per heavy atom. The lowest BCUT2D eigenvalue weighted by molar-refractivity contribution is 0.626. The first-order chi connectivity index (χ1) is 10.2. The van der Waals surface area contributed by atoms with Crippen LogP contribution in [0.4, 0.5) is 11.8 Å². The summed E-state index contributed by atoms with van der Waals surface area (Å²) < 4.78 is 5.27. The molecule has 4 N–H and O–H groups in total. The summed E-state index contributed by atoms with van der Waals surface area (Å²) >= 11 is 0. The fraction of sp³-hybridized carbons (Fsp3) is 0. The average molecular weight is 277 g/mol. The summed E-state index contributed by atoms with van der Waals surface area (Å²) in [5.41, 5.74) is 16.2. The lowest BCUT2D eigenvalue weighted by atomic mass is 10.0. The van der Waals surface area contributed by atoms with Crippen molar-refractivity contribution in [3.05, 3.63) is 42.6 Å². The second-order valence-electron chi connectivity index (χ2n) is 4.73. The van der Waals surface area contributed by atoms with Crippen LogP contribution in [-0.4, -0.2) is 15.0 Å². The molecule has 0 radical (unpaired) electrons. The van der Waals surface area contributed by atoms with E-state index in [0.717, 1.165) is 27.7 Å². The second kappa shape index (κ2) is 4.17. The highest BCUT2D eigenvalue weighted by Gasteiger charge is 2.06. The van der Waals surface area contributed by atoms with Crippen LogP contribution in [0.1, 0.15) is 0 Å². The third-order valence-corrected chi connectivity index (χ3v) is 3.30. The van der Waals surface area contributed by atoms with Gasteiger partial charge in [-0.1, -0.05) is 12.1 Å². The lowest BCUT2D eigenvalue weighted by Crippen LogP contribution is -1.92. The molecule has 4 aromatic rings. The molecular formula is C15H11N5O. The van der Waals surface area contributed by atoms with Crippen molar-refractivity contribution in [3.63, 3.8) is 0 Å². The molecule has 0 bridgehead atoms. The summed E-state index contributed by atoms with van der Waals surface area (Å²) in [5.74, 6) is 0.402. The SMILES string of the molecule is Nc1cnc2ccc(-c3ccc4oc(N)nc4c3)cc2n1. The maximum Gasteiger partial charge on any atom is 0.292 e. The van der Waals surface area contributed by atoms with E-state index < -0.39 is 0 Å². The number of oxazole rings is 1. The number of rotatable bonds is 1. The van der Waals surface area contributed by atoms with Gasteiger partial charge in [-0.25, -0.2) is 4.98 Å². The molecule has 21 heavy (non-hydrogen) atoms. The van der Waals surface area contributed by atoms with Crippen molar-refractivity contribution in [2.75, 3.05) is 11.5 Å². The molecule has 0 amide bonds. The fourth-order valence-corrected chi connectivity index (χ4v) is 2.33. The number of hydrogen-bond donors (Lipinski definition) is 2. The number of hydrogen-bond acceptors (Lipinski definition) is 6. The molecule has 0 fully saturated rings. The van der Waals surface area contributed by atoms with E-state index in [2.05, 4.69) is 15.0 Å². The van der Waals surface area contributed by atoms with E-state index in [9.17, 15) is 0 Å². The molecule has 0 saturated heterocycles. The second-order valence-corrected chi connectivity index (χ2v) is 4.73. The fourth-order valence-electron chi connectivity index (χ4n) is 2.33. The van der Waals surface area contributed by atoms with Crippen molar-refractivity contribution in [1.29, 1.82) is 0 Å². The Kier molecular flexibility index (Phi) is 2.32. The van der Waals surface area contributed by atoms with Crippen LogP contribution in [0.3, 0.4) is 0 Å². The summed E-state index contributed by atoms with van der Waals surface area (Å²) in [6.45, 7) is 0. The van der Waals surface area contributed by atoms with Crippen LogP contribution < -0.4 is 11.5 Å². The van der Waals surface area contributed by atoms with Gasteiger partial charge in [0.15, 0.2) is 5.58 Å². The molecule has 4 rings (SSSR count). The molecule has 2 heterocycles. The zero-order valence-corrected chi connectivity index (χ0v) is 10.9. The number of aromatic nitrogens is 3. The first-order valence-corrected chi connectivity index (χ1v) is 6.38. The molecule has 0 aliphatic rings. The van der Waals surface area contributed by atoms with E-state index in [0.29, 0.717) is 11.4 Å². The number of nitrogens with zero attached hydrogens (tertiary/aromatic N) is 3. The third-order valence-electron chi connectivity index (χ3n) is 3.30. The van der Waals surface area contributed by atoms with E-state index in [1.54, 1.807) is 6.20 Å². The normalized spacial score (nSPS) is 11.2.